The summed E-state index contributed by atoms with van der Waals surface area (Å²) >= 11 is 0. The zero-order valence-electron chi connectivity index (χ0n) is 15.3. The van der Waals surface area contributed by atoms with Crippen LogP contribution < -0.4 is 9.62 Å². The summed E-state index contributed by atoms with van der Waals surface area (Å²) in [5, 5.41) is 2.90. The molecule has 4 rings (SSSR count). The molecular formula is C21H24N2O3S. The van der Waals surface area contributed by atoms with Crippen molar-refractivity contribution in [2.45, 2.75) is 38.5 Å². The van der Waals surface area contributed by atoms with Gasteiger partial charge in [-0.2, -0.15) is 0 Å². The summed E-state index contributed by atoms with van der Waals surface area (Å²) < 4.78 is 25.4. The van der Waals surface area contributed by atoms with E-state index in [1.807, 2.05) is 6.07 Å². The topological polar surface area (TPSA) is 66.5 Å². The van der Waals surface area contributed by atoms with Crippen LogP contribution in [0.2, 0.25) is 0 Å². The van der Waals surface area contributed by atoms with Gasteiger partial charge in [0, 0.05) is 12.2 Å². The summed E-state index contributed by atoms with van der Waals surface area (Å²) in [6, 6.07) is 13.4. The molecule has 1 aliphatic carbocycles. The summed E-state index contributed by atoms with van der Waals surface area (Å²) in [5.74, 6) is 0.138. The molecule has 0 aromatic heterocycles. The second kappa shape index (κ2) is 7.35. The molecule has 0 bridgehead atoms. The van der Waals surface area contributed by atoms with E-state index < -0.39 is 10.0 Å². The number of anilines is 2. The van der Waals surface area contributed by atoms with Gasteiger partial charge in [-0.3, -0.25) is 9.10 Å². The number of carbonyl (C=O) groups is 1. The largest absolute Gasteiger partial charge is 0.326 e. The summed E-state index contributed by atoms with van der Waals surface area (Å²) in [5.41, 5.74) is 5.16. The van der Waals surface area contributed by atoms with Crippen molar-refractivity contribution in [1.82, 2.24) is 0 Å². The van der Waals surface area contributed by atoms with Crippen LogP contribution in [0.15, 0.2) is 42.5 Å². The predicted molar refractivity (Wildman–Crippen MR) is 108 cm³/mol. The molecule has 1 saturated heterocycles. The van der Waals surface area contributed by atoms with Crippen molar-refractivity contribution < 1.29 is 13.2 Å². The normalized spacial score (nSPS) is 18.1. The Labute approximate surface area is 160 Å². The molecule has 1 amide bonds. The van der Waals surface area contributed by atoms with Crippen molar-refractivity contribution in [1.29, 1.82) is 0 Å². The van der Waals surface area contributed by atoms with E-state index in [4.69, 9.17) is 0 Å². The number of aryl methyl sites for hydroxylation is 2. The number of sulfonamides is 1. The molecule has 2 aromatic carbocycles. The summed E-state index contributed by atoms with van der Waals surface area (Å²) in [7, 11) is -3.18. The van der Waals surface area contributed by atoms with Gasteiger partial charge in [0.15, 0.2) is 0 Å². The Kier molecular flexibility index (Phi) is 4.91. The number of nitrogens with one attached hydrogen (secondary N) is 1. The Balaban J connectivity index is 1.40. The van der Waals surface area contributed by atoms with Crippen molar-refractivity contribution >= 4 is 27.3 Å². The molecule has 0 atom stereocenters. The van der Waals surface area contributed by atoms with E-state index in [2.05, 4.69) is 17.4 Å². The minimum Gasteiger partial charge on any atom is -0.326 e. The quantitative estimate of drug-likeness (QED) is 0.880. The average Bonchev–Trinajstić information content (AvgIpc) is 3.01. The molecule has 1 heterocycles. The molecule has 142 valence electrons. The lowest BCUT2D eigenvalue weighted by atomic mass is 9.90. The van der Waals surface area contributed by atoms with Gasteiger partial charge in [-0.05, 0) is 73.1 Å². The zero-order valence-corrected chi connectivity index (χ0v) is 16.1. The third kappa shape index (κ3) is 4.00. The van der Waals surface area contributed by atoms with Gasteiger partial charge < -0.3 is 5.32 Å². The number of benzene rings is 2. The highest BCUT2D eigenvalue weighted by atomic mass is 32.2. The number of rotatable bonds is 4. The van der Waals surface area contributed by atoms with Gasteiger partial charge in [-0.1, -0.05) is 18.2 Å². The van der Waals surface area contributed by atoms with Crippen LogP contribution in [0.25, 0.3) is 0 Å². The van der Waals surface area contributed by atoms with E-state index in [0.29, 0.717) is 30.8 Å². The summed E-state index contributed by atoms with van der Waals surface area (Å²) in [6.45, 7) is 0.520. The Morgan fingerprint density at radius 1 is 0.963 bits per heavy atom. The lowest BCUT2D eigenvalue weighted by Gasteiger charge is -2.17. The maximum absolute atomic E-state index is 12.4. The Morgan fingerprint density at radius 3 is 2.41 bits per heavy atom. The van der Waals surface area contributed by atoms with Crippen LogP contribution in [0, 0.1) is 0 Å². The lowest BCUT2D eigenvalue weighted by molar-refractivity contribution is -0.115. The van der Waals surface area contributed by atoms with Crippen LogP contribution in [-0.2, 0) is 34.1 Å². The van der Waals surface area contributed by atoms with E-state index in [9.17, 15) is 13.2 Å². The van der Waals surface area contributed by atoms with Gasteiger partial charge in [0.1, 0.15) is 0 Å². The maximum atomic E-state index is 12.4. The highest BCUT2D eigenvalue weighted by Gasteiger charge is 2.28. The molecule has 0 unspecified atom stereocenters. The first-order valence-corrected chi connectivity index (χ1v) is 11.1. The summed E-state index contributed by atoms with van der Waals surface area (Å²) in [6.07, 6.45) is 5.72. The Bertz CT molecular complexity index is 952. The third-order valence-electron chi connectivity index (χ3n) is 5.32. The maximum Gasteiger partial charge on any atom is 0.235 e. The predicted octanol–water partition coefficient (Wildman–Crippen LogP) is 3.29. The van der Waals surface area contributed by atoms with E-state index in [1.165, 1.54) is 28.3 Å². The lowest BCUT2D eigenvalue weighted by Crippen LogP contribution is -2.25. The van der Waals surface area contributed by atoms with Crippen LogP contribution >= 0.6 is 0 Å². The van der Waals surface area contributed by atoms with Gasteiger partial charge in [0.25, 0.3) is 0 Å². The SMILES string of the molecule is O=C(Cc1ccc2c(c1)CCCC2)Nc1ccc(N2CCCS2(=O)=O)cc1. The molecule has 0 radical (unpaired) electrons. The van der Waals surface area contributed by atoms with Crippen molar-refractivity contribution in [3.05, 3.63) is 59.2 Å². The van der Waals surface area contributed by atoms with Crippen LogP contribution in [0.5, 0.6) is 0 Å². The van der Waals surface area contributed by atoms with Crippen LogP contribution in [0.3, 0.4) is 0 Å². The van der Waals surface area contributed by atoms with E-state index in [1.54, 1.807) is 24.3 Å². The van der Waals surface area contributed by atoms with Gasteiger partial charge >= 0.3 is 0 Å². The average molecular weight is 385 g/mol. The fourth-order valence-corrected chi connectivity index (χ4v) is 5.49. The number of amides is 1. The van der Waals surface area contributed by atoms with Crippen molar-refractivity contribution in [3.63, 3.8) is 0 Å². The second-order valence-corrected chi connectivity index (χ2v) is 9.34. The van der Waals surface area contributed by atoms with Gasteiger partial charge in [-0.25, -0.2) is 8.42 Å². The first kappa shape index (κ1) is 18.0. The highest BCUT2D eigenvalue weighted by molar-refractivity contribution is 7.93. The standard InChI is InChI=1S/C21H24N2O3S/c24-21(15-16-6-7-17-4-1-2-5-18(17)14-16)22-19-8-10-20(11-9-19)23-12-3-13-27(23,25)26/h6-11,14H,1-5,12-13,15H2,(H,22,24). The Hall–Kier alpha value is -2.34. The molecule has 0 saturated carbocycles. The Morgan fingerprint density at radius 2 is 1.70 bits per heavy atom. The van der Waals surface area contributed by atoms with Crippen LogP contribution in [0.1, 0.15) is 36.0 Å². The van der Waals surface area contributed by atoms with Gasteiger partial charge in [0.2, 0.25) is 15.9 Å². The van der Waals surface area contributed by atoms with E-state index in [-0.39, 0.29) is 11.7 Å². The van der Waals surface area contributed by atoms with Gasteiger partial charge in [-0.15, -0.1) is 0 Å². The minimum atomic E-state index is -3.18. The zero-order chi connectivity index (χ0) is 18.9. The minimum absolute atomic E-state index is 0.0627. The fourth-order valence-electron chi connectivity index (χ4n) is 3.93. The molecule has 1 fully saturated rings. The first-order chi connectivity index (χ1) is 13.0. The molecule has 6 heteroatoms. The van der Waals surface area contributed by atoms with E-state index >= 15 is 0 Å². The number of carbonyl (C=O) groups excluding carboxylic acids is 1. The number of nitrogens with zero attached hydrogens (tertiary/aromatic N) is 1. The molecule has 1 aliphatic heterocycles. The highest BCUT2D eigenvalue weighted by Crippen LogP contribution is 2.26. The molecular weight excluding hydrogens is 360 g/mol. The van der Waals surface area contributed by atoms with Crippen LogP contribution in [0.4, 0.5) is 11.4 Å². The smallest absolute Gasteiger partial charge is 0.235 e. The molecule has 2 aliphatic rings. The first-order valence-electron chi connectivity index (χ1n) is 9.52. The molecule has 27 heavy (non-hydrogen) atoms. The van der Waals surface area contributed by atoms with Crippen molar-refractivity contribution in [2.75, 3.05) is 21.9 Å². The monoisotopic (exact) mass is 384 g/mol. The second-order valence-electron chi connectivity index (χ2n) is 7.32. The number of hydrogen-bond donors (Lipinski definition) is 1. The molecule has 2 aromatic rings. The molecule has 0 spiro atoms. The van der Waals surface area contributed by atoms with Crippen LogP contribution in [-0.4, -0.2) is 26.6 Å². The van der Waals surface area contributed by atoms with Crippen molar-refractivity contribution in [2.24, 2.45) is 0 Å². The fraction of sp³-hybridized carbons (Fsp3) is 0.381. The molecule has 5 nitrogen and oxygen atoms in total. The number of hydrogen-bond acceptors (Lipinski definition) is 3. The number of fused-ring (bicyclic) bond motifs is 1. The van der Waals surface area contributed by atoms with Crippen molar-refractivity contribution in [3.8, 4) is 0 Å². The third-order valence-corrected chi connectivity index (χ3v) is 7.19. The van der Waals surface area contributed by atoms with Gasteiger partial charge in [0.05, 0.1) is 17.9 Å². The summed E-state index contributed by atoms with van der Waals surface area (Å²) in [4.78, 5) is 12.4. The van der Waals surface area contributed by atoms with E-state index in [0.717, 1.165) is 18.4 Å². The molecule has 1 N–H and O–H groups in total.